The van der Waals surface area contributed by atoms with E-state index >= 15 is 0 Å². The van der Waals surface area contributed by atoms with Crippen LogP contribution in [0.2, 0.25) is 0 Å². The van der Waals surface area contributed by atoms with E-state index in [1.165, 1.54) is 49.7 Å². The fourth-order valence-electron chi connectivity index (χ4n) is 5.15. The topological polar surface area (TPSA) is 18.1 Å². The zero-order chi connectivity index (χ0) is 20.6. The summed E-state index contributed by atoms with van der Waals surface area (Å²) in [6, 6.07) is 24.1. The summed E-state index contributed by atoms with van der Waals surface area (Å²) in [5, 5.41) is 4.97. The molecule has 2 heteroatoms. The van der Waals surface area contributed by atoms with Crippen LogP contribution in [0.5, 0.6) is 0 Å². The van der Waals surface area contributed by atoms with Gasteiger partial charge in [0.15, 0.2) is 0 Å². The summed E-state index contributed by atoms with van der Waals surface area (Å²) in [6.45, 7) is 8.81. The monoisotopic (exact) mass is 389 g/mol. The van der Waals surface area contributed by atoms with Gasteiger partial charge in [0.2, 0.25) is 0 Å². The number of hydrogen-bond donors (Lipinski definition) is 0. The number of benzene rings is 4. The zero-order valence-electron chi connectivity index (χ0n) is 17.7. The molecule has 0 spiro atoms. The van der Waals surface area contributed by atoms with Crippen LogP contribution in [-0.4, -0.2) is 4.57 Å². The van der Waals surface area contributed by atoms with Crippen molar-refractivity contribution in [2.24, 2.45) is 0 Å². The SMILES string of the molecule is Cc1cc(C)c2c(c1)c1cc(C)cc(C)c1n2-c1ccc2oc3ccccc3c2c1. The van der Waals surface area contributed by atoms with E-state index < -0.39 is 0 Å². The lowest BCUT2D eigenvalue weighted by Crippen LogP contribution is -1.97. The summed E-state index contributed by atoms with van der Waals surface area (Å²) in [4.78, 5) is 0. The minimum absolute atomic E-state index is 0.931. The second kappa shape index (κ2) is 5.99. The summed E-state index contributed by atoms with van der Waals surface area (Å²) in [5.74, 6) is 0. The molecule has 0 amide bonds. The first-order valence-electron chi connectivity index (χ1n) is 10.5. The van der Waals surface area contributed by atoms with Crippen LogP contribution in [0, 0.1) is 27.7 Å². The van der Waals surface area contributed by atoms with Crippen LogP contribution in [0.4, 0.5) is 0 Å². The van der Waals surface area contributed by atoms with Gasteiger partial charge in [-0.15, -0.1) is 0 Å². The third-order valence-electron chi connectivity index (χ3n) is 6.25. The molecule has 0 aliphatic carbocycles. The summed E-state index contributed by atoms with van der Waals surface area (Å²) in [7, 11) is 0. The molecule has 2 heterocycles. The van der Waals surface area contributed by atoms with Crippen LogP contribution < -0.4 is 0 Å². The molecule has 0 atom stereocenters. The van der Waals surface area contributed by atoms with E-state index in [4.69, 9.17) is 4.42 Å². The summed E-state index contributed by atoms with van der Waals surface area (Å²) >= 11 is 0. The molecule has 0 saturated carbocycles. The Balaban J connectivity index is 1.80. The van der Waals surface area contributed by atoms with Crippen molar-refractivity contribution in [2.45, 2.75) is 27.7 Å². The molecular weight excluding hydrogens is 366 g/mol. The Labute approximate surface area is 175 Å². The molecule has 0 fully saturated rings. The summed E-state index contributed by atoms with van der Waals surface area (Å²) in [6.07, 6.45) is 0. The highest BCUT2D eigenvalue weighted by molar-refractivity contribution is 6.12. The number of nitrogens with zero attached hydrogens (tertiary/aromatic N) is 1. The van der Waals surface area contributed by atoms with Gasteiger partial charge in [0, 0.05) is 27.2 Å². The van der Waals surface area contributed by atoms with Crippen molar-refractivity contribution in [3.63, 3.8) is 0 Å². The second-order valence-corrected chi connectivity index (χ2v) is 8.57. The molecule has 2 aromatic heterocycles. The number of fused-ring (bicyclic) bond motifs is 6. The van der Waals surface area contributed by atoms with E-state index in [1.807, 2.05) is 12.1 Å². The Morgan fingerprint density at radius 1 is 0.567 bits per heavy atom. The molecule has 30 heavy (non-hydrogen) atoms. The number of furan rings is 1. The first-order valence-corrected chi connectivity index (χ1v) is 10.5. The Kier molecular flexibility index (Phi) is 3.47. The van der Waals surface area contributed by atoms with Gasteiger partial charge in [-0.05, 0) is 75.2 Å². The lowest BCUT2D eigenvalue weighted by molar-refractivity contribution is 0.669. The van der Waals surface area contributed by atoms with Gasteiger partial charge in [-0.1, -0.05) is 41.5 Å². The normalized spacial score (nSPS) is 12.0. The Morgan fingerprint density at radius 3 is 1.83 bits per heavy atom. The van der Waals surface area contributed by atoms with E-state index in [0.717, 1.165) is 21.9 Å². The van der Waals surface area contributed by atoms with Crippen molar-refractivity contribution in [3.05, 3.63) is 89.0 Å². The van der Waals surface area contributed by atoms with Crippen LogP contribution in [-0.2, 0) is 0 Å². The van der Waals surface area contributed by atoms with Crippen molar-refractivity contribution in [2.75, 3.05) is 0 Å². The van der Waals surface area contributed by atoms with Crippen LogP contribution >= 0.6 is 0 Å². The minimum Gasteiger partial charge on any atom is -0.456 e. The van der Waals surface area contributed by atoms with Gasteiger partial charge in [0.05, 0.1) is 11.0 Å². The van der Waals surface area contributed by atoms with Gasteiger partial charge >= 0.3 is 0 Å². The number of aryl methyl sites for hydroxylation is 4. The highest BCUT2D eigenvalue weighted by Crippen LogP contribution is 2.38. The highest BCUT2D eigenvalue weighted by atomic mass is 16.3. The Morgan fingerprint density at radius 2 is 1.17 bits per heavy atom. The van der Waals surface area contributed by atoms with Crippen LogP contribution in [0.25, 0.3) is 49.4 Å². The number of hydrogen-bond acceptors (Lipinski definition) is 1. The van der Waals surface area contributed by atoms with Gasteiger partial charge in [0.1, 0.15) is 11.2 Å². The first-order chi connectivity index (χ1) is 14.5. The summed E-state index contributed by atoms with van der Waals surface area (Å²) in [5.41, 5.74) is 10.8. The largest absolute Gasteiger partial charge is 0.456 e. The molecule has 6 rings (SSSR count). The molecule has 0 bridgehead atoms. The van der Waals surface area contributed by atoms with Crippen LogP contribution in [0.15, 0.2) is 71.1 Å². The van der Waals surface area contributed by atoms with Crippen molar-refractivity contribution in [3.8, 4) is 5.69 Å². The van der Waals surface area contributed by atoms with Gasteiger partial charge in [-0.3, -0.25) is 0 Å². The molecule has 146 valence electrons. The van der Waals surface area contributed by atoms with E-state index in [1.54, 1.807) is 0 Å². The molecule has 0 radical (unpaired) electrons. The molecule has 0 N–H and O–H groups in total. The van der Waals surface area contributed by atoms with Crippen molar-refractivity contribution in [1.29, 1.82) is 0 Å². The fourth-order valence-corrected chi connectivity index (χ4v) is 5.15. The van der Waals surface area contributed by atoms with Gasteiger partial charge in [-0.25, -0.2) is 0 Å². The Hall–Kier alpha value is -3.52. The van der Waals surface area contributed by atoms with Crippen molar-refractivity contribution < 1.29 is 4.42 Å². The quantitative estimate of drug-likeness (QED) is 0.279. The van der Waals surface area contributed by atoms with Gasteiger partial charge in [0.25, 0.3) is 0 Å². The lowest BCUT2D eigenvalue weighted by Gasteiger charge is -2.12. The lowest BCUT2D eigenvalue weighted by atomic mass is 10.0. The van der Waals surface area contributed by atoms with Gasteiger partial charge in [-0.2, -0.15) is 0 Å². The van der Waals surface area contributed by atoms with E-state index in [0.29, 0.717) is 0 Å². The fraction of sp³-hybridized carbons (Fsp3) is 0.143. The zero-order valence-corrected chi connectivity index (χ0v) is 17.7. The van der Waals surface area contributed by atoms with Crippen molar-refractivity contribution >= 4 is 43.7 Å². The maximum absolute atomic E-state index is 6.07. The minimum atomic E-state index is 0.931. The maximum Gasteiger partial charge on any atom is 0.135 e. The number of rotatable bonds is 1. The predicted octanol–water partition coefficient (Wildman–Crippen LogP) is 7.92. The predicted molar refractivity (Wildman–Crippen MR) is 127 cm³/mol. The standard InChI is InChI=1S/C28H23NO/c1-16-11-18(3)27-23(13-16)24-14-17(2)12-19(4)28(24)29(27)20-9-10-26-22(15-20)21-7-5-6-8-25(21)30-26/h5-15H,1-4H3. The third-order valence-corrected chi connectivity index (χ3v) is 6.25. The summed E-state index contributed by atoms with van der Waals surface area (Å²) < 4.78 is 8.51. The molecular formula is C28H23NO. The number of para-hydroxylation sites is 1. The molecule has 0 aliphatic rings. The second-order valence-electron chi connectivity index (χ2n) is 8.57. The third kappa shape index (κ3) is 2.31. The van der Waals surface area contributed by atoms with E-state index in [-0.39, 0.29) is 0 Å². The number of aromatic nitrogens is 1. The highest BCUT2D eigenvalue weighted by Gasteiger charge is 2.18. The van der Waals surface area contributed by atoms with E-state index in [2.05, 4.69) is 86.9 Å². The average Bonchev–Trinajstić information content (AvgIpc) is 3.24. The molecule has 2 nitrogen and oxygen atoms in total. The molecule has 6 aromatic rings. The van der Waals surface area contributed by atoms with Crippen LogP contribution in [0.3, 0.4) is 0 Å². The maximum atomic E-state index is 6.07. The van der Waals surface area contributed by atoms with Crippen molar-refractivity contribution in [1.82, 2.24) is 4.57 Å². The molecule has 4 aromatic carbocycles. The Bertz CT molecular complexity index is 1560. The van der Waals surface area contributed by atoms with E-state index in [9.17, 15) is 0 Å². The van der Waals surface area contributed by atoms with Crippen LogP contribution in [0.1, 0.15) is 22.3 Å². The molecule has 0 aliphatic heterocycles. The average molecular weight is 389 g/mol. The van der Waals surface area contributed by atoms with Gasteiger partial charge < -0.3 is 8.98 Å². The molecule has 0 saturated heterocycles. The molecule has 0 unspecified atom stereocenters. The smallest absolute Gasteiger partial charge is 0.135 e. The first kappa shape index (κ1) is 17.3.